The summed E-state index contributed by atoms with van der Waals surface area (Å²) < 4.78 is 4.71. The fourth-order valence-electron chi connectivity index (χ4n) is 7.84. The van der Waals surface area contributed by atoms with Gasteiger partial charge in [-0.3, -0.25) is 0 Å². The Labute approximate surface area is 300 Å². The molecule has 0 aliphatic rings. The molecule has 0 radical (unpaired) electrons. The van der Waals surface area contributed by atoms with Crippen molar-refractivity contribution in [3.8, 4) is 51.1 Å². The average molecular weight is 663 g/mol. The van der Waals surface area contributed by atoms with Crippen LogP contribution in [0.3, 0.4) is 0 Å². The molecule has 52 heavy (non-hydrogen) atoms. The van der Waals surface area contributed by atoms with Gasteiger partial charge in [-0.1, -0.05) is 127 Å². The Morgan fingerprint density at radius 2 is 1.10 bits per heavy atom. The van der Waals surface area contributed by atoms with Gasteiger partial charge in [0, 0.05) is 38.4 Å². The van der Waals surface area contributed by atoms with Crippen molar-refractivity contribution in [2.75, 3.05) is 0 Å². The number of nitriles is 1. The number of aromatic nitrogens is 3. The topological polar surface area (TPSA) is 46.5 Å². The van der Waals surface area contributed by atoms with Crippen LogP contribution in [0.1, 0.15) is 5.56 Å². The second-order valence-electron chi connectivity index (χ2n) is 13.1. The second kappa shape index (κ2) is 12.0. The molecule has 3 aromatic heterocycles. The van der Waals surface area contributed by atoms with E-state index in [2.05, 4.69) is 173 Å². The molecule has 0 N–H and O–H groups in total. The summed E-state index contributed by atoms with van der Waals surface area (Å²) in [7, 11) is 0. The summed E-state index contributed by atoms with van der Waals surface area (Å²) in [6.45, 7) is 0. The highest BCUT2D eigenvalue weighted by Gasteiger charge is 2.23. The first-order chi connectivity index (χ1) is 25.8. The number of nitrogens with zero attached hydrogens (tertiary/aromatic N) is 4. The lowest BCUT2D eigenvalue weighted by atomic mass is 9.99. The van der Waals surface area contributed by atoms with Gasteiger partial charge in [0.2, 0.25) is 0 Å². The highest BCUT2D eigenvalue weighted by Crippen LogP contribution is 2.44. The third-order valence-corrected chi connectivity index (χ3v) is 10.1. The first-order valence-electron chi connectivity index (χ1n) is 17.5. The molecule has 0 amide bonds. The van der Waals surface area contributed by atoms with E-state index in [1.807, 2.05) is 24.3 Å². The molecule has 0 unspecified atom stereocenters. The van der Waals surface area contributed by atoms with Crippen LogP contribution in [0.2, 0.25) is 0 Å². The van der Waals surface area contributed by atoms with E-state index in [9.17, 15) is 5.26 Å². The van der Waals surface area contributed by atoms with Crippen LogP contribution in [0.4, 0.5) is 0 Å². The van der Waals surface area contributed by atoms with Crippen molar-refractivity contribution in [3.05, 3.63) is 188 Å². The van der Waals surface area contributed by atoms with Gasteiger partial charge in [-0.05, 0) is 65.7 Å². The summed E-state index contributed by atoms with van der Waals surface area (Å²) in [5, 5.41) is 14.5. The highest BCUT2D eigenvalue weighted by molar-refractivity contribution is 6.26. The molecule has 10 aromatic rings. The molecule has 242 valence electrons. The fraction of sp³-hybridized carbons (Fsp3) is 0. The van der Waals surface area contributed by atoms with Gasteiger partial charge in [0.15, 0.2) is 0 Å². The zero-order chi connectivity index (χ0) is 34.6. The van der Waals surface area contributed by atoms with Gasteiger partial charge in [0.1, 0.15) is 0 Å². The molecule has 4 heteroatoms. The van der Waals surface area contributed by atoms with Crippen molar-refractivity contribution in [1.82, 2.24) is 14.1 Å². The number of hydrogen-bond donors (Lipinski definition) is 0. The van der Waals surface area contributed by atoms with Gasteiger partial charge in [-0.15, -0.1) is 0 Å². The van der Waals surface area contributed by atoms with Gasteiger partial charge in [-0.2, -0.15) is 5.26 Å². The summed E-state index contributed by atoms with van der Waals surface area (Å²) in [4.78, 5) is 5.36. The van der Waals surface area contributed by atoms with Gasteiger partial charge in [-0.25, -0.2) is 4.98 Å². The van der Waals surface area contributed by atoms with Crippen LogP contribution in [0.5, 0.6) is 0 Å². The summed E-state index contributed by atoms with van der Waals surface area (Å²) >= 11 is 0. The van der Waals surface area contributed by atoms with Crippen LogP contribution in [0.15, 0.2) is 182 Å². The summed E-state index contributed by atoms with van der Waals surface area (Å²) in [5.41, 5.74) is 13.3. The zero-order valence-corrected chi connectivity index (χ0v) is 28.1. The average Bonchev–Trinajstić information content (AvgIpc) is 3.74. The van der Waals surface area contributed by atoms with Crippen LogP contribution >= 0.6 is 0 Å². The largest absolute Gasteiger partial charge is 0.309 e. The van der Waals surface area contributed by atoms with E-state index >= 15 is 0 Å². The molecule has 0 fully saturated rings. The number of fused-ring (bicyclic) bond motifs is 7. The Hall–Kier alpha value is -7.22. The van der Waals surface area contributed by atoms with E-state index < -0.39 is 0 Å². The molecule has 10 rings (SSSR count). The molecule has 3 heterocycles. The summed E-state index contributed by atoms with van der Waals surface area (Å²) in [5.74, 6) is 0. The number of hydrogen-bond acceptors (Lipinski definition) is 2. The lowest BCUT2D eigenvalue weighted by Gasteiger charge is -2.16. The molecule has 0 aliphatic carbocycles. The van der Waals surface area contributed by atoms with Crippen molar-refractivity contribution >= 4 is 43.6 Å². The minimum absolute atomic E-state index is 0.633. The molecule has 0 saturated heterocycles. The van der Waals surface area contributed by atoms with Gasteiger partial charge < -0.3 is 9.13 Å². The molecule has 0 spiro atoms. The monoisotopic (exact) mass is 662 g/mol. The molecule has 0 bridgehead atoms. The standard InChI is InChI=1S/C48H30N4/c49-31-32-24-25-40-46(28-32)51(36-18-8-3-9-19-36)45-27-26-38-37-20-10-12-22-43(37)52(48(38)47(40)45)44-23-13-11-21-39(44)42-30-35(33-14-4-1-5-15-33)29-41(50-42)34-16-6-2-7-17-34/h1-30H. The lowest BCUT2D eigenvalue weighted by Crippen LogP contribution is -1.99. The van der Waals surface area contributed by atoms with E-state index in [0.717, 1.165) is 77.9 Å². The molecular formula is C48H30N4. The molecule has 0 aliphatic heterocycles. The van der Waals surface area contributed by atoms with E-state index in [4.69, 9.17) is 4.98 Å². The van der Waals surface area contributed by atoms with E-state index in [0.29, 0.717) is 5.56 Å². The zero-order valence-electron chi connectivity index (χ0n) is 28.1. The van der Waals surface area contributed by atoms with Crippen LogP contribution in [-0.2, 0) is 0 Å². The number of para-hydroxylation sites is 3. The van der Waals surface area contributed by atoms with Crippen LogP contribution < -0.4 is 0 Å². The minimum Gasteiger partial charge on any atom is -0.309 e. The predicted octanol–water partition coefficient (Wildman–Crippen LogP) is 12.1. The van der Waals surface area contributed by atoms with Crippen molar-refractivity contribution in [3.63, 3.8) is 0 Å². The Kier molecular flexibility index (Phi) is 6.84. The van der Waals surface area contributed by atoms with Crippen LogP contribution in [-0.4, -0.2) is 14.1 Å². The van der Waals surface area contributed by atoms with E-state index in [-0.39, 0.29) is 0 Å². The molecule has 0 atom stereocenters. The lowest BCUT2D eigenvalue weighted by molar-refractivity contribution is 1.17. The highest BCUT2D eigenvalue weighted by atomic mass is 15.0. The SMILES string of the molecule is N#Cc1ccc2c3c(ccc4c5ccccc5n(-c5ccccc5-c5cc(-c6ccccc6)cc(-c6ccccc6)n5)c43)n(-c3ccccc3)c2c1. The quantitative estimate of drug-likeness (QED) is 0.184. The maximum absolute atomic E-state index is 9.95. The van der Waals surface area contributed by atoms with Crippen molar-refractivity contribution in [1.29, 1.82) is 5.26 Å². The van der Waals surface area contributed by atoms with Gasteiger partial charge in [0.25, 0.3) is 0 Å². The third-order valence-electron chi connectivity index (χ3n) is 10.1. The first-order valence-corrected chi connectivity index (χ1v) is 17.5. The van der Waals surface area contributed by atoms with Gasteiger partial charge >= 0.3 is 0 Å². The maximum Gasteiger partial charge on any atom is 0.0992 e. The van der Waals surface area contributed by atoms with Crippen LogP contribution in [0.25, 0.3) is 88.6 Å². The Balaban J connectivity index is 1.33. The van der Waals surface area contributed by atoms with Crippen molar-refractivity contribution in [2.45, 2.75) is 0 Å². The minimum atomic E-state index is 0.633. The Morgan fingerprint density at radius 1 is 0.442 bits per heavy atom. The maximum atomic E-state index is 9.95. The Bertz CT molecular complexity index is 2940. The van der Waals surface area contributed by atoms with Crippen molar-refractivity contribution < 1.29 is 0 Å². The first kappa shape index (κ1) is 29.7. The van der Waals surface area contributed by atoms with Gasteiger partial charge in [0.05, 0.1) is 50.8 Å². The smallest absolute Gasteiger partial charge is 0.0992 e. The second-order valence-corrected chi connectivity index (χ2v) is 13.1. The summed E-state index contributed by atoms with van der Waals surface area (Å²) in [6.07, 6.45) is 0. The van der Waals surface area contributed by atoms with E-state index in [1.54, 1.807) is 0 Å². The predicted molar refractivity (Wildman–Crippen MR) is 214 cm³/mol. The Morgan fingerprint density at radius 3 is 1.88 bits per heavy atom. The number of rotatable bonds is 5. The normalized spacial score (nSPS) is 11.4. The number of benzene rings is 7. The van der Waals surface area contributed by atoms with Crippen LogP contribution in [0, 0.1) is 11.3 Å². The third kappa shape index (κ3) is 4.65. The fourth-order valence-corrected chi connectivity index (χ4v) is 7.84. The molecular weight excluding hydrogens is 633 g/mol. The van der Waals surface area contributed by atoms with Crippen molar-refractivity contribution in [2.24, 2.45) is 0 Å². The number of pyridine rings is 1. The molecule has 7 aromatic carbocycles. The van der Waals surface area contributed by atoms with E-state index in [1.165, 1.54) is 10.8 Å². The summed E-state index contributed by atoms with van der Waals surface area (Å²) in [6, 6.07) is 66.0. The molecule has 0 saturated carbocycles. The molecule has 4 nitrogen and oxygen atoms in total.